The Balaban J connectivity index is 1.45. The number of rotatable bonds is 4. The summed E-state index contributed by atoms with van der Waals surface area (Å²) in [6.07, 6.45) is 4.27. The molecule has 3 heteroatoms. The molecule has 0 spiro atoms. The van der Waals surface area contributed by atoms with Crippen molar-refractivity contribution >= 4 is 0 Å². The van der Waals surface area contributed by atoms with Crippen LogP contribution in [0.2, 0.25) is 0 Å². The summed E-state index contributed by atoms with van der Waals surface area (Å²) >= 11 is 0. The third-order valence-corrected chi connectivity index (χ3v) is 5.80. The van der Waals surface area contributed by atoms with Gasteiger partial charge in [0.1, 0.15) is 0 Å². The molecule has 0 amide bonds. The minimum Gasteiger partial charge on any atom is -0.301 e. The van der Waals surface area contributed by atoms with E-state index in [2.05, 4.69) is 42.4 Å². The summed E-state index contributed by atoms with van der Waals surface area (Å²) in [6, 6.07) is 3.26. The number of nitrogens with zero attached hydrogens (tertiary/aromatic N) is 3. The molecule has 2 unspecified atom stereocenters. The molecule has 0 bridgehead atoms. The molecular weight excluding hydrogens is 246 g/mol. The first-order valence-electron chi connectivity index (χ1n) is 8.80. The molecule has 0 aromatic heterocycles. The molecule has 0 aromatic carbocycles. The Morgan fingerprint density at radius 2 is 1.55 bits per heavy atom. The van der Waals surface area contributed by atoms with Gasteiger partial charge in [0.15, 0.2) is 0 Å². The van der Waals surface area contributed by atoms with Crippen LogP contribution in [0.3, 0.4) is 0 Å². The maximum absolute atomic E-state index is 2.82. The van der Waals surface area contributed by atoms with E-state index in [4.69, 9.17) is 0 Å². The van der Waals surface area contributed by atoms with Crippen molar-refractivity contribution in [3.05, 3.63) is 0 Å². The van der Waals surface area contributed by atoms with Crippen molar-refractivity contribution < 1.29 is 0 Å². The molecule has 20 heavy (non-hydrogen) atoms. The van der Waals surface area contributed by atoms with Crippen LogP contribution in [0.4, 0.5) is 0 Å². The molecule has 3 nitrogen and oxygen atoms in total. The van der Waals surface area contributed by atoms with E-state index in [1.807, 2.05) is 0 Å². The summed E-state index contributed by atoms with van der Waals surface area (Å²) in [5.41, 5.74) is 0. The number of likely N-dealkylation sites (tertiary alicyclic amines) is 1. The Morgan fingerprint density at radius 3 is 2.15 bits per heavy atom. The van der Waals surface area contributed by atoms with Gasteiger partial charge < -0.3 is 4.90 Å². The second kappa shape index (κ2) is 5.94. The Bertz CT molecular complexity index is 320. The van der Waals surface area contributed by atoms with Crippen LogP contribution in [0.5, 0.6) is 0 Å². The average Bonchev–Trinajstić information content (AvgIpc) is 3.19. The van der Waals surface area contributed by atoms with E-state index in [0.717, 1.165) is 30.1 Å². The van der Waals surface area contributed by atoms with Crippen LogP contribution in [-0.2, 0) is 0 Å². The predicted molar refractivity (Wildman–Crippen MR) is 85.0 cm³/mol. The number of hydrogen-bond donors (Lipinski definition) is 0. The van der Waals surface area contributed by atoms with E-state index in [1.54, 1.807) is 0 Å². The molecule has 1 aliphatic carbocycles. The fourth-order valence-electron chi connectivity index (χ4n) is 4.34. The summed E-state index contributed by atoms with van der Waals surface area (Å²) in [5, 5.41) is 0. The first-order valence-corrected chi connectivity index (χ1v) is 8.80. The van der Waals surface area contributed by atoms with Crippen LogP contribution < -0.4 is 0 Å². The molecule has 0 aromatic rings. The van der Waals surface area contributed by atoms with Crippen LogP contribution in [0.25, 0.3) is 0 Å². The fourth-order valence-corrected chi connectivity index (χ4v) is 4.34. The summed E-state index contributed by atoms with van der Waals surface area (Å²) < 4.78 is 0. The molecule has 1 saturated carbocycles. The van der Waals surface area contributed by atoms with E-state index in [0.29, 0.717) is 0 Å². The van der Waals surface area contributed by atoms with Crippen LogP contribution >= 0.6 is 0 Å². The van der Waals surface area contributed by atoms with Crippen molar-refractivity contribution in [2.45, 2.75) is 71.1 Å². The standard InChI is InChI=1S/C17H33N3/c1-13(2)18-7-5-15(6-8-18)12-19-9-10-20(14(3)4)17-11-16(17)19/h13-17H,5-12H2,1-4H3. The van der Waals surface area contributed by atoms with Crippen molar-refractivity contribution in [3.63, 3.8) is 0 Å². The first-order chi connectivity index (χ1) is 9.56. The molecule has 116 valence electrons. The van der Waals surface area contributed by atoms with Gasteiger partial charge in [-0.1, -0.05) is 0 Å². The summed E-state index contributed by atoms with van der Waals surface area (Å²) in [6.45, 7) is 16.0. The molecule has 2 heterocycles. The zero-order valence-corrected chi connectivity index (χ0v) is 13.9. The number of piperazine rings is 1. The van der Waals surface area contributed by atoms with Gasteiger partial charge in [-0.2, -0.15) is 0 Å². The number of piperidine rings is 1. The predicted octanol–water partition coefficient (Wildman–Crippen LogP) is 2.27. The highest BCUT2D eigenvalue weighted by Gasteiger charge is 2.49. The van der Waals surface area contributed by atoms with Gasteiger partial charge >= 0.3 is 0 Å². The highest BCUT2D eigenvalue weighted by atomic mass is 15.4. The van der Waals surface area contributed by atoms with Crippen molar-refractivity contribution in [2.75, 3.05) is 32.7 Å². The van der Waals surface area contributed by atoms with Crippen molar-refractivity contribution in [3.8, 4) is 0 Å². The summed E-state index contributed by atoms with van der Waals surface area (Å²) in [7, 11) is 0. The maximum Gasteiger partial charge on any atom is 0.0270 e. The molecule has 0 N–H and O–H groups in total. The van der Waals surface area contributed by atoms with E-state index in [-0.39, 0.29) is 0 Å². The molecule has 3 fully saturated rings. The number of fused-ring (bicyclic) bond motifs is 1. The normalized spacial score (nSPS) is 33.9. The number of hydrogen-bond acceptors (Lipinski definition) is 3. The van der Waals surface area contributed by atoms with Crippen LogP contribution in [-0.4, -0.2) is 71.6 Å². The van der Waals surface area contributed by atoms with Gasteiger partial charge in [-0.3, -0.25) is 9.80 Å². The minimum absolute atomic E-state index is 0.735. The Kier molecular flexibility index (Phi) is 4.40. The molecule has 3 aliphatic rings. The van der Waals surface area contributed by atoms with Gasteiger partial charge in [-0.05, 0) is 66.0 Å². The molecule has 0 radical (unpaired) electrons. The largest absolute Gasteiger partial charge is 0.301 e. The van der Waals surface area contributed by atoms with E-state index in [9.17, 15) is 0 Å². The van der Waals surface area contributed by atoms with Crippen molar-refractivity contribution in [2.24, 2.45) is 5.92 Å². The lowest BCUT2D eigenvalue weighted by molar-refractivity contribution is 0.0731. The summed E-state index contributed by atoms with van der Waals surface area (Å²) in [4.78, 5) is 8.19. The zero-order chi connectivity index (χ0) is 14.3. The molecule has 3 rings (SSSR count). The molecular formula is C17H33N3. The highest BCUT2D eigenvalue weighted by molar-refractivity contribution is 5.07. The van der Waals surface area contributed by atoms with Gasteiger partial charge in [-0.25, -0.2) is 0 Å². The minimum atomic E-state index is 0.735. The average molecular weight is 279 g/mol. The van der Waals surface area contributed by atoms with Crippen molar-refractivity contribution in [1.29, 1.82) is 0 Å². The van der Waals surface area contributed by atoms with Gasteiger partial charge in [0.25, 0.3) is 0 Å². The lowest BCUT2D eigenvalue weighted by Gasteiger charge is -2.40. The van der Waals surface area contributed by atoms with Gasteiger partial charge in [-0.15, -0.1) is 0 Å². The van der Waals surface area contributed by atoms with Gasteiger partial charge in [0, 0.05) is 43.8 Å². The zero-order valence-electron chi connectivity index (χ0n) is 13.9. The monoisotopic (exact) mass is 279 g/mol. The summed E-state index contributed by atoms with van der Waals surface area (Å²) in [5.74, 6) is 0.955. The Hall–Kier alpha value is -0.120. The Morgan fingerprint density at radius 1 is 0.850 bits per heavy atom. The first kappa shape index (κ1) is 14.8. The van der Waals surface area contributed by atoms with Crippen LogP contribution in [0.1, 0.15) is 47.0 Å². The Labute approximate surface area is 125 Å². The van der Waals surface area contributed by atoms with E-state index in [1.165, 1.54) is 52.0 Å². The fraction of sp³-hybridized carbons (Fsp3) is 1.00. The van der Waals surface area contributed by atoms with Gasteiger partial charge in [0.2, 0.25) is 0 Å². The highest BCUT2D eigenvalue weighted by Crippen LogP contribution is 2.38. The maximum atomic E-state index is 2.82. The van der Waals surface area contributed by atoms with E-state index >= 15 is 0 Å². The second-order valence-electron chi connectivity index (χ2n) is 7.77. The molecule has 2 aliphatic heterocycles. The van der Waals surface area contributed by atoms with E-state index < -0.39 is 0 Å². The lowest BCUT2D eigenvalue weighted by Crippen LogP contribution is -2.50. The van der Waals surface area contributed by atoms with Crippen LogP contribution in [0, 0.1) is 5.92 Å². The van der Waals surface area contributed by atoms with Crippen LogP contribution in [0.15, 0.2) is 0 Å². The van der Waals surface area contributed by atoms with Crippen molar-refractivity contribution in [1.82, 2.24) is 14.7 Å². The third kappa shape index (κ3) is 3.05. The SMILES string of the molecule is CC(C)N1CCC(CN2CCN(C(C)C)C3CC32)CC1. The molecule has 2 atom stereocenters. The quantitative estimate of drug-likeness (QED) is 0.782. The smallest absolute Gasteiger partial charge is 0.0270 e. The topological polar surface area (TPSA) is 9.72 Å². The third-order valence-electron chi connectivity index (χ3n) is 5.80. The molecule has 2 saturated heterocycles. The second-order valence-corrected chi connectivity index (χ2v) is 7.77. The lowest BCUT2D eigenvalue weighted by atomic mass is 9.95. The van der Waals surface area contributed by atoms with Gasteiger partial charge in [0.05, 0.1) is 0 Å².